The van der Waals surface area contributed by atoms with Crippen molar-refractivity contribution in [2.75, 3.05) is 13.7 Å². The number of benzene rings is 1. The molecule has 0 fully saturated rings. The highest BCUT2D eigenvalue weighted by atomic mass is 16.5. The summed E-state index contributed by atoms with van der Waals surface area (Å²) < 4.78 is 5.25. The molecule has 2 N–H and O–H groups in total. The molecule has 0 aliphatic rings. The maximum Gasteiger partial charge on any atom is 0.121 e. The molecular formula is C15H25NO2. The third kappa shape index (κ3) is 4.00. The van der Waals surface area contributed by atoms with Crippen LogP contribution in [0.1, 0.15) is 37.8 Å². The van der Waals surface area contributed by atoms with Crippen LogP contribution in [0.15, 0.2) is 18.2 Å². The fraction of sp³-hybridized carbons (Fsp3) is 0.600. The van der Waals surface area contributed by atoms with Crippen LogP contribution in [0.2, 0.25) is 0 Å². The van der Waals surface area contributed by atoms with Gasteiger partial charge in [0.15, 0.2) is 0 Å². The minimum atomic E-state index is 0.00256. The summed E-state index contributed by atoms with van der Waals surface area (Å²) in [5.41, 5.74) is 2.39. The van der Waals surface area contributed by atoms with Crippen molar-refractivity contribution in [2.24, 2.45) is 0 Å². The van der Waals surface area contributed by atoms with Gasteiger partial charge >= 0.3 is 0 Å². The summed E-state index contributed by atoms with van der Waals surface area (Å²) >= 11 is 0. The van der Waals surface area contributed by atoms with E-state index in [4.69, 9.17) is 9.84 Å². The van der Waals surface area contributed by atoms with Crippen molar-refractivity contribution >= 4 is 0 Å². The Morgan fingerprint density at radius 2 is 2.11 bits per heavy atom. The molecule has 0 radical (unpaired) electrons. The highest BCUT2D eigenvalue weighted by Crippen LogP contribution is 2.20. The maximum atomic E-state index is 9.09. The van der Waals surface area contributed by atoms with Crippen molar-refractivity contribution in [3.8, 4) is 5.75 Å². The molecule has 0 bridgehead atoms. The Bertz CT molecular complexity index is 379. The van der Waals surface area contributed by atoms with E-state index in [0.29, 0.717) is 0 Å². The lowest BCUT2D eigenvalue weighted by atomic mass is 9.94. The van der Waals surface area contributed by atoms with Gasteiger partial charge in [-0.1, -0.05) is 19.1 Å². The van der Waals surface area contributed by atoms with Gasteiger partial charge in [-0.3, -0.25) is 0 Å². The third-order valence-corrected chi connectivity index (χ3v) is 3.62. The van der Waals surface area contributed by atoms with Gasteiger partial charge in [0.2, 0.25) is 0 Å². The second kappa shape index (κ2) is 6.76. The Morgan fingerprint density at radius 1 is 1.39 bits per heavy atom. The molecule has 102 valence electrons. The molecule has 0 aliphatic carbocycles. The van der Waals surface area contributed by atoms with E-state index in [2.05, 4.69) is 38.2 Å². The molecule has 0 aliphatic heterocycles. The van der Waals surface area contributed by atoms with Crippen LogP contribution < -0.4 is 10.1 Å². The minimum Gasteiger partial charge on any atom is -0.496 e. The molecule has 18 heavy (non-hydrogen) atoms. The number of methoxy groups -OCH3 is 1. The molecular weight excluding hydrogens is 226 g/mol. The Morgan fingerprint density at radius 3 is 2.61 bits per heavy atom. The zero-order chi connectivity index (χ0) is 13.6. The molecule has 0 heterocycles. The lowest BCUT2D eigenvalue weighted by molar-refractivity contribution is 0.214. The number of ether oxygens (including phenoxy) is 1. The fourth-order valence-corrected chi connectivity index (χ4v) is 2.00. The van der Waals surface area contributed by atoms with Gasteiger partial charge in [0.1, 0.15) is 5.75 Å². The minimum absolute atomic E-state index is 0.00256. The molecule has 3 nitrogen and oxygen atoms in total. The molecule has 0 saturated heterocycles. The predicted molar refractivity (Wildman–Crippen MR) is 75.0 cm³/mol. The van der Waals surface area contributed by atoms with E-state index in [1.54, 1.807) is 7.11 Å². The highest BCUT2D eigenvalue weighted by molar-refractivity contribution is 5.36. The maximum absolute atomic E-state index is 9.09. The summed E-state index contributed by atoms with van der Waals surface area (Å²) in [6.45, 7) is 7.38. The normalized spacial score (nSPS) is 14.3. The molecule has 1 aromatic rings. The van der Waals surface area contributed by atoms with Crippen LogP contribution in [-0.4, -0.2) is 24.4 Å². The van der Waals surface area contributed by atoms with Crippen LogP contribution >= 0.6 is 0 Å². The largest absolute Gasteiger partial charge is 0.496 e. The van der Waals surface area contributed by atoms with Gasteiger partial charge < -0.3 is 15.2 Å². The van der Waals surface area contributed by atoms with Gasteiger partial charge in [-0.25, -0.2) is 0 Å². The number of aliphatic hydroxyl groups is 1. The average molecular weight is 251 g/mol. The van der Waals surface area contributed by atoms with Crippen molar-refractivity contribution in [3.05, 3.63) is 29.3 Å². The van der Waals surface area contributed by atoms with E-state index in [1.807, 2.05) is 6.07 Å². The molecule has 1 unspecified atom stereocenters. The second-order valence-electron chi connectivity index (χ2n) is 5.05. The van der Waals surface area contributed by atoms with Crippen LogP contribution in [0.3, 0.4) is 0 Å². The zero-order valence-electron chi connectivity index (χ0n) is 11.9. The molecule has 1 atom stereocenters. The molecule has 3 heteroatoms. The van der Waals surface area contributed by atoms with Crippen LogP contribution in [-0.2, 0) is 6.54 Å². The van der Waals surface area contributed by atoms with Crippen LogP contribution in [0.4, 0.5) is 0 Å². The SMILES string of the molecule is CCC(C)(CCO)NCc1ccc(OC)c(C)c1. The van der Waals surface area contributed by atoms with E-state index in [0.717, 1.165) is 30.7 Å². The summed E-state index contributed by atoms with van der Waals surface area (Å²) in [6.07, 6.45) is 1.78. The van der Waals surface area contributed by atoms with Crippen molar-refractivity contribution in [1.82, 2.24) is 5.32 Å². The van der Waals surface area contributed by atoms with Crippen LogP contribution in [0, 0.1) is 6.92 Å². The molecule has 1 aromatic carbocycles. The van der Waals surface area contributed by atoms with Crippen LogP contribution in [0.5, 0.6) is 5.75 Å². The smallest absolute Gasteiger partial charge is 0.121 e. The van der Waals surface area contributed by atoms with Gasteiger partial charge in [0.05, 0.1) is 7.11 Å². The number of hydrogen-bond acceptors (Lipinski definition) is 3. The number of aryl methyl sites for hydroxylation is 1. The summed E-state index contributed by atoms with van der Waals surface area (Å²) in [5.74, 6) is 0.923. The molecule has 1 rings (SSSR count). The van der Waals surface area contributed by atoms with Gasteiger partial charge in [-0.2, -0.15) is 0 Å². The van der Waals surface area contributed by atoms with Gasteiger partial charge in [-0.05, 0) is 43.9 Å². The lowest BCUT2D eigenvalue weighted by Gasteiger charge is -2.29. The van der Waals surface area contributed by atoms with E-state index < -0.39 is 0 Å². The highest BCUT2D eigenvalue weighted by Gasteiger charge is 2.20. The zero-order valence-corrected chi connectivity index (χ0v) is 11.9. The first-order chi connectivity index (χ1) is 8.54. The van der Waals surface area contributed by atoms with E-state index in [9.17, 15) is 0 Å². The van der Waals surface area contributed by atoms with E-state index in [1.165, 1.54) is 5.56 Å². The first-order valence-corrected chi connectivity index (χ1v) is 6.54. The Kier molecular flexibility index (Phi) is 5.63. The predicted octanol–water partition coefficient (Wildman–Crippen LogP) is 2.64. The number of hydrogen-bond donors (Lipinski definition) is 2. The fourth-order valence-electron chi connectivity index (χ4n) is 2.00. The topological polar surface area (TPSA) is 41.5 Å². The number of rotatable bonds is 7. The second-order valence-corrected chi connectivity index (χ2v) is 5.05. The summed E-state index contributed by atoms with van der Waals surface area (Å²) in [6, 6.07) is 6.22. The Balaban J connectivity index is 2.65. The molecule has 0 amide bonds. The standard InChI is InChI=1S/C15H25NO2/c1-5-15(3,8-9-17)16-11-13-6-7-14(18-4)12(2)10-13/h6-7,10,16-17H,5,8-9,11H2,1-4H3. The van der Waals surface area contributed by atoms with Gasteiger partial charge in [0, 0.05) is 18.7 Å². The summed E-state index contributed by atoms with van der Waals surface area (Å²) in [7, 11) is 1.69. The molecule has 0 aromatic heterocycles. The van der Waals surface area contributed by atoms with E-state index >= 15 is 0 Å². The van der Waals surface area contributed by atoms with Crippen molar-refractivity contribution in [1.29, 1.82) is 0 Å². The van der Waals surface area contributed by atoms with Crippen molar-refractivity contribution in [2.45, 2.75) is 45.7 Å². The van der Waals surface area contributed by atoms with Crippen molar-refractivity contribution < 1.29 is 9.84 Å². The summed E-state index contributed by atoms with van der Waals surface area (Å²) in [4.78, 5) is 0. The first kappa shape index (κ1) is 15.0. The number of nitrogens with one attached hydrogen (secondary N) is 1. The van der Waals surface area contributed by atoms with Gasteiger partial charge in [-0.15, -0.1) is 0 Å². The average Bonchev–Trinajstić information content (AvgIpc) is 2.37. The first-order valence-electron chi connectivity index (χ1n) is 6.54. The molecule has 0 saturated carbocycles. The van der Waals surface area contributed by atoms with E-state index in [-0.39, 0.29) is 12.1 Å². The number of aliphatic hydroxyl groups excluding tert-OH is 1. The third-order valence-electron chi connectivity index (χ3n) is 3.62. The van der Waals surface area contributed by atoms with Gasteiger partial charge in [0.25, 0.3) is 0 Å². The molecule has 0 spiro atoms. The van der Waals surface area contributed by atoms with Crippen LogP contribution in [0.25, 0.3) is 0 Å². The monoisotopic (exact) mass is 251 g/mol. The quantitative estimate of drug-likeness (QED) is 0.783. The summed E-state index contributed by atoms with van der Waals surface area (Å²) in [5, 5.41) is 12.6. The van der Waals surface area contributed by atoms with Crippen molar-refractivity contribution in [3.63, 3.8) is 0 Å². The Hall–Kier alpha value is -1.06. The lowest BCUT2D eigenvalue weighted by Crippen LogP contribution is -2.42. The Labute approximate surface area is 110 Å².